The molecule has 3 heteroatoms. The van der Waals surface area contributed by atoms with Gasteiger partial charge >= 0.3 is 0 Å². The third-order valence-electron chi connectivity index (χ3n) is 5.90. The second-order valence-electron chi connectivity index (χ2n) is 7.50. The van der Waals surface area contributed by atoms with Crippen molar-refractivity contribution < 1.29 is 4.79 Å². The Morgan fingerprint density at radius 3 is 2.40 bits per heavy atom. The fraction of sp³-hybridized carbons (Fsp3) is 0.455. The van der Waals surface area contributed by atoms with Crippen molar-refractivity contribution in [3.63, 3.8) is 0 Å². The van der Waals surface area contributed by atoms with Crippen LogP contribution in [0.25, 0.3) is 0 Å². The third-order valence-corrected chi connectivity index (χ3v) is 5.90. The SMILES string of the molecule is O=C(CCc1ccccn1)C1CC2CCC(C1)N2Cc1ccccc1. The number of carbonyl (C=O) groups is 1. The molecule has 3 nitrogen and oxygen atoms in total. The lowest BCUT2D eigenvalue weighted by Gasteiger charge is -2.38. The second kappa shape index (κ2) is 7.49. The highest BCUT2D eigenvalue weighted by molar-refractivity contribution is 5.81. The molecular weight excluding hydrogens is 308 g/mol. The topological polar surface area (TPSA) is 33.2 Å². The van der Waals surface area contributed by atoms with Crippen LogP contribution in [0.15, 0.2) is 54.7 Å². The molecule has 2 aromatic rings. The molecule has 0 radical (unpaired) electrons. The Morgan fingerprint density at radius 2 is 1.72 bits per heavy atom. The van der Waals surface area contributed by atoms with Crippen molar-refractivity contribution in [1.29, 1.82) is 0 Å². The number of aromatic nitrogens is 1. The Balaban J connectivity index is 1.34. The maximum Gasteiger partial charge on any atom is 0.136 e. The highest BCUT2D eigenvalue weighted by Gasteiger charge is 2.42. The lowest BCUT2D eigenvalue weighted by Crippen LogP contribution is -2.44. The Bertz CT molecular complexity index is 686. The Kier molecular flexibility index (Phi) is 4.93. The zero-order valence-corrected chi connectivity index (χ0v) is 14.7. The van der Waals surface area contributed by atoms with Crippen LogP contribution in [0.5, 0.6) is 0 Å². The first-order chi connectivity index (χ1) is 12.3. The molecule has 2 bridgehead atoms. The van der Waals surface area contributed by atoms with E-state index in [1.165, 1.54) is 18.4 Å². The number of hydrogen-bond acceptors (Lipinski definition) is 3. The lowest BCUT2D eigenvalue weighted by atomic mass is 9.85. The van der Waals surface area contributed by atoms with Crippen LogP contribution in [0, 0.1) is 5.92 Å². The molecule has 2 atom stereocenters. The van der Waals surface area contributed by atoms with Gasteiger partial charge in [0.25, 0.3) is 0 Å². The Labute approximate surface area is 150 Å². The van der Waals surface area contributed by atoms with Crippen molar-refractivity contribution in [2.24, 2.45) is 5.92 Å². The first-order valence-corrected chi connectivity index (χ1v) is 9.52. The van der Waals surface area contributed by atoms with Gasteiger partial charge in [-0.15, -0.1) is 0 Å². The molecule has 25 heavy (non-hydrogen) atoms. The predicted octanol–water partition coefficient (Wildman–Crippen LogP) is 4.03. The quantitative estimate of drug-likeness (QED) is 0.800. The van der Waals surface area contributed by atoms with Crippen LogP contribution in [-0.4, -0.2) is 27.8 Å². The standard InChI is InChI=1S/C22H26N2O/c25-22(12-9-19-8-4-5-13-23-19)18-14-20-10-11-21(15-18)24(20)16-17-6-2-1-3-7-17/h1-8,13,18,20-21H,9-12,14-16H2. The minimum Gasteiger partial charge on any atom is -0.299 e. The number of carbonyl (C=O) groups excluding carboxylic acids is 1. The first-order valence-electron chi connectivity index (χ1n) is 9.52. The number of ketones is 1. The van der Waals surface area contributed by atoms with E-state index in [2.05, 4.69) is 40.2 Å². The minimum atomic E-state index is 0.258. The van der Waals surface area contributed by atoms with Crippen LogP contribution >= 0.6 is 0 Å². The summed E-state index contributed by atoms with van der Waals surface area (Å²) < 4.78 is 0. The van der Waals surface area contributed by atoms with Gasteiger partial charge in [0.15, 0.2) is 0 Å². The average Bonchev–Trinajstić information content (AvgIpc) is 2.89. The van der Waals surface area contributed by atoms with Crippen LogP contribution in [0.2, 0.25) is 0 Å². The molecule has 2 unspecified atom stereocenters. The van der Waals surface area contributed by atoms with Crippen molar-refractivity contribution in [2.45, 2.75) is 57.2 Å². The molecule has 2 aliphatic rings. The van der Waals surface area contributed by atoms with Crippen molar-refractivity contribution in [3.8, 4) is 0 Å². The van der Waals surface area contributed by atoms with Crippen LogP contribution in [0.4, 0.5) is 0 Å². The molecule has 0 aliphatic carbocycles. The summed E-state index contributed by atoms with van der Waals surface area (Å²) in [4.78, 5) is 19.7. The fourth-order valence-electron chi connectivity index (χ4n) is 4.59. The molecule has 130 valence electrons. The predicted molar refractivity (Wildman–Crippen MR) is 99.1 cm³/mol. The fourth-order valence-corrected chi connectivity index (χ4v) is 4.59. The maximum atomic E-state index is 12.7. The van der Waals surface area contributed by atoms with Crippen molar-refractivity contribution in [1.82, 2.24) is 9.88 Å². The van der Waals surface area contributed by atoms with E-state index in [0.29, 0.717) is 24.3 Å². The summed E-state index contributed by atoms with van der Waals surface area (Å²) >= 11 is 0. The molecule has 0 saturated carbocycles. The van der Waals surface area contributed by atoms with Crippen molar-refractivity contribution in [2.75, 3.05) is 0 Å². The number of aryl methyl sites for hydroxylation is 1. The summed E-state index contributed by atoms with van der Waals surface area (Å²) in [5.41, 5.74) is 2.42. The summed E-state index contributed by atoms with van der Waals surface area (Å²) in [5.74, 6) is 0.704. The second-order valence-corrected chi connectivity index (χ2v) is 7.50. The smallest absolute Gasteiger partial charge is 0.136 e. The van der Waals surface area contributed by atoms with Gasteiger partial charge in [-0.25, -0.2) is 0 Å². The minimum absolute atomic E-state index is 0.258. The average molecular weight is 334 g/mol. The third kappa shape index (κ3) is 3.82. The number of benzene rings is 1. The van der Waals surface area contributed by atoms with Gasteiger partial charge in [0, 0.05) is 42.9 Å². The van der Waals surface area contributed by atoms with Crippen LogP contribution in [-0.2, 0) is 17.8 Å². The van der Waals surface area contributed by atoms with E-state index in [-0.39, 0.29) is 5.92 Å². The normalized spacial score (nSPS) is 25.8. The number of Topliss-reactive ketones (excluding diaryl/α,β-unsaturated/α-hetero) is 1. The monoisotopic (exact) mass is 334 g/mol. The molecule has 1 aromatic carbocycles. The van der Waals surface area contributed by atoms with Gasteiger partial charge in [-0.3, -0.25) is 14.7 Å². The molecule has 0 spiro atoms. The van der Waals surface area contributed by atoms with Gasteiger partial charge in [0.05, 0.1) is 0 Å². The van der Waals surface area contributed by atoms with Gasteiger partial charge in [-0.05, 0) is 49.8 Å². The van der Waals surface area contributed by atoms with Crippen molar-refractivity contribution in [3.05, 3.63) is 66.0 Å². The lowest BCUT2D eigenvalue weighted by molar-refractivity contribution is -0.125. The highest BCUT2D eigenvalue weighted by Crippen LogP contribution is 2.40. The zero-order chi connectivity index (χ0) is 17.1. The van der Waals surface area contributed by atoms with E-state index in [0.717, 1.165) is 31.5 Å². The van der Waals surface area contributed by atoms with Crippen LogP contribution in [0.1, 0.15) is 43.4 Å². The van der Waals surface area contributed by atoms with Gasteiger partial charge < -0.3 is 0 Å². The van der Waals surface area contributed by atoms with Crippen LogP contribution in [0.3, 0.4) is 0 Å². The van der Waals surface area contributed by atoms with Gasteiger partial charge in [-0.1, -0.05) is 36.4 Å². The number of piperidine rings is 1. The number of fused-ring (bicyclic) bond motifs is 2. The number of rotatable bonds is 6. The van der Waals surface area contributed by atoms with E-state index >= 15 is 0 Å². The highest BCUT2D eigenvalue weighted by atomic mass is 16.1. The van der Waals surface area contributed by atoms with Crippen LogP contribution < -0.4 is 0 Å². The zero-order valence-electron chi connectivity index (χ0n) is 14.7. The number of pyridine rings is 1. The van der Waals surface area contributed by atoms with E-state index < -0.39 is 0 Å². The molecule has 4 rings (SSSR count). The molecule has 2 saturated heterocycles. The summed E-state index contributed by atoms with van der Waals surface area (Å²) in [6.07, 6.45) is 7.82. The van der Waals surface area contributed by atoms with E-state index in [4.69, 9.17) is 0 Å². The Hall–Kier alpha value is -2.00. The summed E-state index contributed by atoms with van der Waals surface area (Å²) in [7, 11) is 0. The van der Waals surface area contributed by atoms with E-state index in [9.17, 15) is 4.79 Å². The summed E-state index contributed by atoms with van der Waals surface area (Å²) in [5, 5.41) is 0. The van der Waals surface area contributed by atoms with E-state index in [1.807, 2.05) is 24.4 Å². The first kappa shape index (κ1) is 16.5. The number of nitrogens with zero attached hydrogens (tertiary/aromatic N) is 2. The molecule has 0 amide bonds. The molecule has 3 heterocycles. The van der Waals surface area contributed by atoms with Gasteiger partial charge in [0.1, 0.15) is 5.78 Å². The van der Waals surface area contributed by atoms with Gasteiger partial charge in [0.2, 0.25) is 0 Å². The molecular formula is C22H26N2O. The van der Waals surface area contributed by atoms with Crippen molar-refractivity contribution >= 4 is 5.78 Å². The summed E-state index contributed by atoms with van der Waals surface area (Å²) in [6, 6.07) is 17.8. The van der Waals surface area contributed by atoms with Gasteiger partial charge in [-0.2, -0.15) is 0 Å². The molecule has 0 N–H and O–H groups in total. The van der Waals surface area contributed by atoms with E-state index in [1.54, 1.807) is 0 Å². The molecule has 2 aliphatic heterocycles. The molecule has 1 aromatic heterocycles. The number of hydrogen-bond donors (Lipinski definition) is 0. The largest absolute Gasteiger partial charge is 0.299 e. The Morgan fingerprint density at radius 1 is 1.00 bits per heavy atom. The molecule has 2 fully saturated rings. The maximum absolute atomic E-state index is 12.7. The summed E-state index contributed by atoms with van der Waals surface area (Å²) in [6.45, 7) is 1.03.